The van der Waals surface area contributed by atoms with Crippen LogP contribution in [0.4, 0.5) is 5.69 Å². The van der Waals surface area contributed by atoms with Crippen LogP contribution < -0.4 is 0 Å². The van der Waals surface area contributed by atoms with Gasteiger partial charge in [-0.25, -0.2) is 24.9 Å². The van der Waals surface area contributed by atoms with E-state index >= 15 is 0 Å². The Bertz CT molecular complexity index is 3870. The molecule has 6 heterocycles. The Hall–Kier alpha value is -8.44. The fourth-order valence-corrected chi connectivity index (χ4v) is 9.71. The Morgan fingerprint density at radius 1 is 0.333 bits per heavy atom. The van der Waals surface area contributed by atoms with Gasteiger partial charge in [-0.15, -0.1) is 0 Å². The first kappa shape index (κ1) is 40.8. The molecule has 5 aromatic heterocycles. The summed E-state index contributed by atoms with van der Waals surface area (Å²) in [5.74, 6) is 5.52. The molecule has 13 rings (SSSR count). The number of rotatable bonds is 9. The Labute approximate surface area is 397 Å². The first-order valence-electron chi connectivity index (χ1n) is 23.9. The summed E-state index contributed by atoms with van der Waals surface area (Å²) in [4.78, 5) is 47.9. The zero-order chi connectivity index (χ0) is 46.7. The third-order valence-electron chi connectivity index (χ3n) is 13.6. The highest BCUT2D eigenvalue weighted by Gasteiger charge is 2.21. The Morgan fingerprint density at radius 3 is 1.06 bits per heavy atom. The molecule has 1 aliphatic heterocycles. The molecular weight excluding hydrogens is 851 g/mol. The predicted molar refractivity (Wildman–Crippen MR) is 280 cm³/mol. The lowest BCUT2D eigenvalue weighted by Crippen LogP contribution is -2.02. The van der Waals surface area contributed by atoms with Gasteiger partial charge in [-0.2, -0.15) is 0 Å². The molecule has 69 heavy (non-hydrogen) atoms. The van der Waals surface area contributed by atoms with E-state index in [-0.39, 0.29) is 0 Å². The van der Waals surface area contributed by atoms with E-state index in [4.69, 9.17) is 29.9 Å². The summed E-state index contributed by atoms with van der Waals surface area (Å²) < 4.78 is 0. The molecule has 7 aromatic carbocycles. The number of hydrogen-bond donors (Lipinski definition) is 5. The number of aliphatic imine (C=N–C) groups is 1. The molecule has 12 aromatic rings. The second kappa shape index (κ2) is 15.6. The van der Waals surface area contributed by atoms with Crippen LogP contribution in [0.5, 0.6) is 0 Å². The summed E-state index contributed by atoms with van der Waals surface area (Å²) in [6.07, 6.45) is 0.696. The van der Waals surface area contributed by atoms with Crippen LogP contribution in [0.1, 0.15) is 87.9 Å². The molecule has 0 spiro atoms. The minimum Gasteiger partial charge on any atom is -0.342 e. The number of nitrogens with zero attached hydrogens (tertiary/aromatic N) is 6. The van der Waals surface area contributed by atoms with Crippen LogP contribution in [-0.4, -0.2) is 55.6 Å². The Morgan fingerprint density at radius 2 is 0.667 bits per heavy atom. The molecule has 0 saturated heterocycles. The molecule has 11 heteroatoms. The van der Waals surface area contributed by atoms with Gasteiger partial charge in [0, 0.05) is 35.3 Å². The lowest BCUT2D eigenvalue weighted by atomic mass is 9.97. The molecule has 11 nitrogen and oxygen atoms in total. The van der Waals surface area contributed by atoms with Gasteiger partial charge in [0.1, 0.15) is 29.1 Å². The van der Waals surface area contributed by atoms with Crippen molar-refractivity contribution in [3.05, 3.63) is 156 Å². The fourth-order valence-electron chi connectivity index (χ4n) is 9.71. The molecule has 0 saturated carbocycles. The summed E-state index contributed by atoms with van der Waals surface area (Å²) in [6, 6.07) is 45.4. The van der Waals surface area contributed by atoms with Gasteiger partial charge in [-0.3, -0.25) is 4.99 Å². The lowest BCUT2D eigenvalue weighted by Gasteiger charge is -2.08. The average molecular weight is 900 g/mol. The highest BCUT2D eigenvalue weighted by Crippen LogP contribution is 2.38. The van der Waals surface area contributed by atoms with Crippen LogP contribution in [0.15, 0.2) is 132 Å². The molecule has 5 N–H and O–H groups in total. The first-order chi connectivity index (χ1) is 33.5. The molecule has 0 amide bonds. The van der Waals surface area contributed by atoms with Crippen LogP contribution in [0.3, 0.4) is 0 Å². The summed E-state index contributed by atoms with van der Waals surface area (Å²) in [7, 11) is 0. The van der Waals surface area contributed by atoms with Crippen LogP contribution >= 0.6 is 0 Å². The first-order valence-corrected chi connectivity index (χ1v) is 23.9. The quantitative estimate of drug-likeness (QED) is 0.0975. The number of fused-ring (bicyclic) bond motifs is 6. The number of hydrogen-bond acceptors (Lipinski definition) is 6. The number of aromatic nitrogens is 10. The van der Waals surface area contributed by atoms with Crippen molar-refractivity contribution in [1.82, 2.24) is 49.8 Å². The van der Waals surface area contributed by atoms with E-state index in [1.165, 1.54) is 5.56 Å². The zero-order valence-electron chi connectivity index (χ0n) is 39.2. The number of nitrogens with one attached hydrogen (secondary N) is 5. The number of benzene rings is 7. The molecule has 0 radical (unpaired) electrons. The van der Waals surface area contributed by atoms with Gasteiger partial charge in [-0.1, -0.05) is 77.9 Å². The van der Waals surface area contributed by atoms with Crippen LogP contribution in [0.25, 0.3) is 111 Å². The summed E-state index contributed by atoms with van der Waals surface area (Å²) in [5, 5.41) is 0. The molecule has 0 unspecified atom stereocenters. The van der Waals surface area contributed by atoms with Gasteiger partial charge in [0.15, 0.2) is 0 Å². The van der Waals surface area contributed by atoms with Crippen molar-refractivity contribution in [2.24, 2.45) is 4.99 Å². The molecule has 0 atom stereocenters. The smallest absolute Gasteiger partial charge is 0.138 e. The van der Waals surface area contributed by atoms with Crippen molar-refractivity contribution < 1.29 is 0 Å². The molecular formula is C58H49N11. The van der Waals surface area contributed by atoms with Gasteiger partial charge in [0.05, 0.1) is 66.6 Å². The second-order valence-electron chi connectivity index (χ2n) is 19.5. The number of aromatic amines is 5. The Balaban J connectivity index is 0.873. The summed E-state index contributed by atoms with van der Waals surface area (Å²) in [6.45, 7) is 12.9. The maximum atomic E-state index is 5.27. The van der Waals surface area contributed by atoms with E-state index in [0.29, 0.717) is 24.2 Å². The maximum absolute atomic E-state index is 5.27. The van der Waals surface area contributed by atoms with E-state index in [1.807, 2.05) is 0 Å². The van der Waals surface area contributed by atoms with Crippen molar-refractivity contribution in [1.29, 1.82) is 0 Å². The topological polar surface area (TPSA) is 156 Å². The highest BCUT2D eigenvalue weighted by atomic mass is 15.0. The minimum atomic E-state index is 0.323. The molecule has 336 valence electrons. The van der Waals surface area contributed by atoms with Gasteiger partial charge in [0.2, 0.25) is 0 Å². The predicted octanol–water partition coefficient (Wildman–Crippen LogP) is 14.5. The normalized spacial score (nSPS) is 12.9. The second-order valence-corrected chi connectivity index (χ2v) is 19.5. The zero-order valence-corrected chi connectivity index (χ0v) is 39.2. The highest BCUT2D eigenvalue weighted by molar-refractivity contribution is 6.08. The van der Waals surface area contributed by atoms with E-state index in [9.17, 15) is 0 Å². The van der Waals surface area contributed by atoms with Gasteiger partial charge < -0.3 is 24.9 Å². The summed E-state index contributed by atoms with van der Waals surface area (Å²) >= 11 is 0. The van der Waals surface area contributed by atoms with Crippen LogP contribution in [0.2, 0.25) is 0 Å². The van der Waals surface area contributed by atoms with E-state index in [2.05, 4.69) is 194 Å². The standard InChI is InChI=1S/C58H49N11/c1-29(2)54-60-43-14-8-33(23-49(43)65-54)32-7-13-42-39(19-32)28-48(59-42)38-20-40(57-63-46-17-11-36(26-52(46)68-57)34-9-15-44-50(24-34)66-55(61-44)30(3)4)22-41(21-38)58-64-47-18-12-37(27-53(47)69-58)35-10-16-45-51(25-35)67-56(62-45)31(5)6/h7-27,29-31H,28H2,1-6H3,(H,60,65)(H,61,66)(H,62,67)(H,63,68)(H,64,69). The monoisotopic (exact) mass is 899 g/mol. The molecule has 1 aliphatic rings. The van der Waals surface area contributed by atoms with Gasteiger partial charge in [-0.05, 0) is 136 Å². The van der Waals surface area contributed by atoms with Crippen molar-refractivity contribution >= 4 is 66.6 Å². The summed E-state index contributed by atoms with van der Waals surface area (Å²) in [5.41, 5.74) is 22.6. The third-order valence-corrected chi connectivity index (χ3v) is 13.6. The number of imidazole rings is 5. The number of H-pyrrole nitrogens is 5. The van der Waals surface area contributed by atoms with Crippen molar-refractivity contribution in [2.45, 2.75) is 65.7 Å². The van der Waals surface area contributed by atoms with E-state index in [0.717, 1.165) is 146 Å². The molecule has 0 bridgehead atoms. The average Bonchev–Trinajstić information content (AvgIpc) is 4.22. The molecule has 0 aliphatic carbocycles. The van der Waals surface area contributed by atoms with Gasteiger partial charge >= 0.3 is 0 Å². The minimum absolute atomic E-state index is 0.323. The van der Waals surface area contributed by atoms with Crippen molar-refractivity contribution in [3.8, 4) is 56.2 Å². The fraction of sp³-hybridized carbons (Fsp3) is 0.172. The SMILES string of the molecule is CC(C)c1nc2ccc(-c3ccc4c(c3)CC(c3cc(-c5nc6ccc(-c7ccc8nc(C(C)C)[nH]c8c7)cc6[nH]5)cc(-c5nc6ccc(-c7ccc8nc(C(C)C)[nH]c8c7)cc6[nH]5)c3)=N4)cc2[nH]1. The Kier molecular flexibility index (Phi) is 9.20. The third kappa shape index (κ3) is 7.20. The van der Waals surface area contributed by atoms with Gasteiger partial charge in [0.25, 0.3) is 0 Å². The molecule has 0 fully saturated rings. The van der Waals surface area contributed by atoms with E-state index < -0.39 is 0 Å². The maximum Gasteiger partial charge on any atom is 0.138 e. The lowest BCUT2D eigenvalue weighted by molar-refractivity contribution is 0.799. The van der Waals surface area contributed by atoms with Crippen molar-refractivity contribution in [2.75, 3.05) is 0 Å². The largest absolute Gasteiger partial charge is 0.342 e. The van der Waals surface area contributed by atoms with Crippen LogP contribution in [0, 0.1) is 0 Å². The van der Waals surface area contributed by atoms with Crippen LogP contribution in [-0.2, 0) is 6.42 Å². The van der Waals surface area contributed by atoms with Crippen molar-refractivity contribution in [3.63, 3.8) is 0 Å². The van der Waals surface area contributed by atoms with E-state index in [1.54, 1.807) is 0 Å².